The normalized spacial score (nSPS) is 16.3. The van der Waals surface area contributed by atoms with E-state index in [1.807, 2.05) is 0 Å². The number of rotatable bonds is 3. The quantitative estimate of drug-likeness (QED) is 0.618. The summed E-state index contributed by atoms with van der Waals surface area (Å²) in [7, 11) is 0. The topological polar surface area (TPSA) is 69.2 Å². The number of aromatic nitrogens is 2. The van der Waals surface area contributed by atoms with Crippen molar-refractivity contribution in [1.82, 2.24) is 10.2 Å². The number of ether oxygens (including phenoxy) is 1. The maximum atomic E-state index is 14.3. The van der Waals surface area contributed by atoms with E-state index in [2.05, 4.69) is 10.2 Å². The lowest BCUT2D eigenvalue weighted by Crippen LogP contribution is -2.29. The minimum atomic E-state index is -1.27. The Morgan fingerprint density at radius 2 is 1.88 bits per heavy atom. The van der Waals surface area contributed by atoms with E-state index in [9.17, 15) is 22.8 Å². The molecule has 0 fully saturated rings. The third-order valence-corrected chi connectivity index (χ3v) is 4.31. The van der Waals surface area contributed by atoms with Gasteiger partial charge in [-0.1, -0.05) is 0 Å². The molecule has 1 aliphatic rings. The van der Waals surface area contributed by atoms with Crippen molar-refractivity contribution in [3.05, 3.63) is 46.4 Å². The van der Waals surface area contributed by atoms with Crippen molar-refractivity contribution >= 4 is 11.8 Å². The van der Waals surface area contributed by atoms with Crippen LogP contribution in [-0.2, 0) is 16.0 Å². The van der Waals surface area contributed by atoms with Gasteiger partial charge in [0.25, 0.3) is 0 Å². The average molecular weight is 364 g/mol. The summed E-state index contributed by atoms with van der Waals surface area (Å²) in [6.45, 7) is 2.98. The van der Waals surface area contributed by atoms with Crippen LogP contribution < -0.4 is 0 Å². The predicted octanol–water partition coefficient (Wildman–Crippen LogP) is 3.18. The van der Waals surface area contributed by atoms with E-state index < -0.39 is 34.9 Å². The molecule has 1 aromatic heterocycles. The molecule has 2 aromatic rings. The van der Waals surface area contributed by atoms with Gasteiger partial charge < -0.3 is 4.74 Å². The SMILES string of the molecule is CCOC(=O)C1CC(=O)c2cc(-c3cc(F)c(F)c(C)c3F)nnc2C1. The maximum Gasteiger partial charge on any atom is 0.309 e. The number of benzene rings is 1. The number of nitrogens with zero attached hydrogens (tertiary/aromatic N) is 2. The second-order valence-electron chi connectivity index (χ2n) is 6.03. The lowest BCUT2D eigenvalue weighted by atomic mass is 9.85. The van der Waals surface area contributed by atoms with Crippen molar-refractivity contribution in [2.24, 2.45) is 5.92 Å². The molecule has 3 rings (SSSR count). The van der Waals surface area contributed by atoms with Crippen molar-refractivity contribution < 1.29 is 27.5 Å². The first-order chi connectivity index (χ1) is 12.3. The van der Waals surface area contributed by atoms with Crippen LogP contribution in [0.4, 0.5) is 13.2 Å². The summed E-state index contributed by atoms with van der Waals surface area (Å²) < 4.78 is 46.3. The van der Waals surface area contributed by atoms with Crippen LogP contribution in [0.25, 0.3) is 11.3 Å². The number of ketones is 1. The molecule has 8 heteroatoms. The average Bonchev–Trinajstić information content (AvgIpc) is 2.63. The molecule has 0 spiro atoms. The van der Waals surface area contributed by atoms with Crippen molar-refractivity contribution in [3.8, 4) is 11.3 Å². The summed E-state index contributed by atoms with van der Waals surface area (Å²) in [4.78, 5) is 24.2. The van der Waals surface area contributed by atoms with E-state index in [4.69, 9.17) is 4.74 Å². The smallest absolute Gasteiger partial charge is 0.309 e. The van der Waals surface area contributed by atoms with Crippen molar-refractivity contribution in [2.45, 2.75) is 26.7 Å². The van der Waals surface area contributed by atoms with Gasteiger partial charge in [-0.15, -0.1) is 0 Å². The van der Waals surface area contributed by atoms with Crippen molar-refractivity contribution in [3.63, 3.8) is 0 Å². The highest BCUT2D eigenvalue weighted by Crippen LogP contribution is 2.31. The molecule has 0 aliphatic heterocycles. The number of halogens is 3. The molecular formula is C18H15F3N2O3. The van der Waals surface area contributed by atoms with E-state index in [1.54, 1.807) is 6.92 Å². The van der Waals surface area contributed by atoms with E-state index >= 15 is 0 Å². The Bertz CT molecular complexity index is 915. The van der Waals surface area contributed by atoms with Gasteiger partial charge in [0.2, 0.25) is 0 Å². The minimum absolute atomic E-state index is 0.0593. The number of esters is 1. The Morgan fingerprint density at radius 1 is 1.15 bits per heavy atom. The fourth-order valence-electron chi connectivity index (χ4n) is 2.92. The number of carbonyl (C=O) groups excluding carboxylic acids is 2. The monoisotopic (exact) mass is 364 g/mol. The van der Waals surface area contributed by atoms with Crippen LogP contribution in [0, 0.1) is 30.3 Å². The molecule has 0 radical (unpaired) electrons. The van der Waals surface area contributed by atoms with Crippen LogP contribution in [0.15, 0.2) is 12.1 Å². The van der Waals surface area contributed by atoms with Crippen LogP contribution in [0.3, 0.4) is 0 Å². The van der Waals surface area contributed by atoms with Gasteiger partial charge in [-0.05, 0) is 26.0 Å². The molecule has 0 amide bonds. The largest absolute Gasteiger partial charge is 0.466 e. The molecule has 1 heterocycles. The summed E-state index contributed by atoms with van der Waals surface area (Å²) >= 11 is 0. The van der Waals surface area contributed by atoms with E-state index in [0.717, 1.165) is 6.92 Å². The van der Waals surface area contributed by atoms with Crippen LogP contribution in [0.5, 0.6) is 0 Å². The Hall–Kier alpha value is -2.77. The first-order valence-electron chi connectivity index (χ1n) is 8.04. The van der Waals surface area contributed by atoms with Gasteiger partial charge in [0.15, 0.2) is 17.4 Å². The number of hydrogen-bond donors (Lipinski definition) is 0. The molecule has 5 nitrogen and oxygen atoms in total. The fraction of sp³-hybridized carbons (Fsp3) is 0.333. The first-order valence-corrected chi connectivity index (χ1v) is 8.04. The zero-order chi connectivity index (χ0) is 19.0. The highest BCUT2D eigenvalue weighted by molar-refractivity contribution is 6.01. The second kappa shape index (κ2) is 6.86. The molecule has 0 saturated carbocycles. The zero-order valence-electron chi connectivity index (χ0n) is 14.1. The Balaban J connectivity index is 2.00. The van der Waals surface area contributed by atoms with Gasteiger partial charge >= 0.3 is 5.97 Å². The molecule has 1 unspecified atom stereocenters. The van der Waals surface area contributed by atoms with Crippen LogP contribution in [-0.4, -0.2) is 28.6 Å². The molecular weight excluding hydrogens is 349 g/mol. The van der Waals surface area contributed by atoms with Crippen molar-refractivity contribution in [1.29, 1.82) is 0 Å². The number of Topliss-reactive ketones (excluding diaryl/α,β-unsaturated/α-hetero) is 1. The van der Waals surface area contributed by atoms with Gasteiger partial charge in [-0.25, -0.2) is 13.2 Å². The number of fused-ring (bicyclic) bond motifs is 1. The van der Waals surface area contributed by atoms with Crippen LogP contribution in [0.2, 0.25) is 0 Å². The van der Waals surface area contributed by atoms with Gasteiger partial charge in [0, 0.05) is 29.5 Å². The van der Waals surface area contributed by atoms with Crippen LogP contribution >= 0.6 is 0 Å². The predicted molar refractivity (Wildman–Crippen MR) is 84.9 cm³/mol. The highest BCUT2D eigenvalue weighted by atomic mass is 19.2. The first kappa shape index (κ1) is 18.0. The molecule has 0 saturated heterocycles. The lowest BCUT2D eigenvalue weighted by molar-refractivity contribution is -0.148. The molecule has 26 heavy (non-hydrogen) atoms. The molecule has 1 aliphatic carbocycles. The summed E-state index contributed by atoms with van der Waals surface area (Å²) in [5.74, 6) is -4.94. The standard InChI is InChI=1S/C18H15F3N2O3/c1-3-26-18(25)9-4-13-10(15(24)5-9)7-14(23-22-13)11-6-12(19)17(21)8(2)16(11)20/h6-7,9H,3-5H2,1-2H3. The lowest BCUT2D eigenvalue weighted by Gasteiger charge is -2.21. The molecule has 1 atom stereocenters. The molecule has 0 N–H and O–H groups in total. The summed E-state index contributed by atoms with van der Waals surface area (Å²) in [5.41, 5.74) is -0.350. The Kier molecular flexibility index (Phi) is 4.76. The summed E-state index contributed by atoms with van der Waals surface area (Å²) in [6.07, 6.45) is 0.114. The Morgan fingerprint density at radius 3 is 2.58 bits per heavy atom. The van der Waals surface area contributed by atoms with Crippen molar-refractivity contribution in [2.75, 3.05) is 6.61 Å². The van der Waals surface area contributed by atoms with Gasteiger partial charge in [-0.2, -0.15) is 10.2 Å². The minimum Gasteiger partial charge on any atom is -0.466 e. The van der Waals surface area contributed by atoms with E-state index in [0.29, 0.717) is 11.8 Å². The van der Waals surface area contributed by atoms with Gasteiger partial charge in [0.1, 0.15) is 5.82 Å². The third kappa shape index (κ3) is 3.07. The molecule has 0 bridgehead atoms. The van der Waals surface area contributed by atoms with E-state index in [1.165, 1.54) is 6.07 Å². The summed E-state index contributed by atoms with van der Waals surface area (Å²) in [5, 5.41) is 7.73. The second-order valence-corrected chi connectivity index (χ2v) is 6.03. The van der Waals surface area contributed by atoms with Crippen LogP contribution in [0.1, 0.15) is 35.0 Å². The van der Waals surface area contributed by atoms with E-state index in [-0.39, 0.29) is 42.1 Å². The number of hydrogen-bond acceptors (Lipinski definition) is 5. The third-order valence-electron chi connectivity index (χ3n) is 4.31. The summed E-state index contributed by atoms with van der Waals surface area (Å²) in [6, 6.07) is 1.98. The van der Waals surface area contributed by atoms with Gasteiger partial charge in [0.05, 0.1) is 23.9 Å². The zero-order valence-corrected chi connectivity index (χ0v) is 14.1. The Labute approximate surface area is 147 Å². The molecule has 136 valence electrons. The highest BCUT2D eigenvalue weighted by Gasteiger charge is 2.33. The van der Waals surface area contributed by atoms with Gasteiger partial charge in [-0.3, -0.25) is 9.59 Å². The molecule has 1 aromatic carbocycles. The number of carbonyl (C=O) groups is 2. The maximum absolute atomic E-state index is 14.3. The fourth-order valence-corrected chi connectivity index (χ4v) is 2.92.